The first-order valence-electron chi connectivity index (χ1n) is 5.90. The van der Waals surface area contributed by atoms with Crippen molar-refractivity contribution in [3.63, 3.8) is 0 Å². The van der Waals surface area contributed by atoms with Crippen LogP contribution in [-0.2, 0) is 0 Å². The van der Waals surface area contributed by atoms with E-state index in [0.29, 0.717) is 0 Å². The lowest BCUT2D eigenvalue weighted by Crippen LogP contribution is -2.06. The SMILES string of the molecule is Cc1cccc(NC(=O)Sc2ccc(O)cc2)c1C. The van der Waals surface area contributed by atoms with Gasteiger partial charge in [-0.05, 0) is 67.1 Å². The third kappa shape index (κ3) is 3.51. The molecule has 1 amide bonds. The molecule has 2 aromatic carbocycles. The Labute approximate surface area is 116 Å². The normalized spacial score (nSPS) is 10.2. The van der Waals surface area contributed by atoms with Crippen LogP contribution in [0.3, 0.4) is 0 Å². The molecule has 98 valence electrons. The Balaban J connectivity index is 2.05. The van der Waals surface area contributed by atoms with Gasteiger partial charge in [0.25, 0.3) is 5.24 Å². The summed E-state index contributed by atoms with van der Waals surface area (Å²) in [6.45, 7) is 3.99. The average molecular weight is 273 g/mol. The second kappa shape index (κ2) is 5.80. The standard InChI is InChI=1S/C15H15NO2S/c1-10-4-3-5-14(11(10)2)16-15(18)19-13-8-6-12(17)7-9-13/h3-9,17H,1-2H3,(H,16,18). The minimum atomic E-state index is -0.139. The predicted octanol–water partition coefficient (Wildman–Crippen LogP) is 4.33. The van der Waals surface area contributed by atoms with Crippen LogP contribution >= 0.6 is 11.8 Å². The zero-order valence-corrected chi connectivity index (χ0v) is 11.6. The molecule has 0 saturated carbocycles. The number of hydrogen-bond donors (Lipinski definition) is 2. The number of anilines is 1. The molecule has 0 aliphatic carbocycles. The van der Waals surface area contributed by atoms with Crippen molar-refractivity contribution in [3.05, 3.63) is 53.6 Å². The van der Waals surface area contributed by atoms with Gasteiger partial charge in [0.2, 0.25) is 0 Å². The second-order valence-corrected chi connectivity index (χ2v) is 5.30. The minimum Gasteiger partial charge on any atom is -0.508 e. The van der Waals surface area contributed by atoms with E-state index in [1.54, 1.807) is 24.3 Å². The first-order chi connectivity index (χ1) is 9.06. The van der Waals surface area contributed by atoms with E-state index < -0.39 is 0 Å². The molecule has 2 N–H and O–H groups in total. The van der Waals surface area contributed by atoms with Crippen LogP contribution in [0.5, 0.6) is 5.75 Å². The largest absolute Gasteiger partial charge is 0.508 e. The number of aryl methyl sites for hydroxylation is 1. The number of phenolic OH excluding ortho intramolecular Hbond substituents is 1. The zero-order chi connectivity index (χ0) is 13.8. The third-order valence-electron chi connectivity index (χ3n) is 2.89. The van der Waals surface area contributed by atoms with Gasteiger partial charge in [0.1, 0.15) is 5.75 Å². The predicted molar refractivity (Wildman–Crippen MR) is 78.9 cm³/mol. The Kier molecular flexibility index (Phi) is 4.12. The van der Waals surface area contributed by atoms with E-state index in [4.69, 9.17) is 0 Å². The molecule has 0 aliphatic heterocycles. The Bertz CT molecular complexity index is 594. The number of carbonyl (C=O) groups excluding carboxylic acids is 1. The van der Waals surface area contributed by atoms with Crippen molar-refractivity contribution >= 4 is 22.7 Å². The molecule has 0 heterocycles. The molecule has 4 heteroatoms. The fourth-order valence-electron chi connectivity index (χ4n) is 1.64. The number of hydrogen-bond acceptors (Lipinski definition) is 3. The molecule has 0 aromatic heterocycles. The Hall–Kier alpha value is -1.94. The van der Waals surface area contributed by atoms with E-state index in [9.17, 15) is 9.90 Å². The lowest BCUT2D eigenvalue weighted by Gasteiger charge is -2.09. The van der Waals surface area contributed by atoms with Crippen LogP contribution in [0.15, 0.2) is 47.4 Å². The van der Waals surface area contributed by atoms with Gasteiger partial charge >= 0.3 is 0 Å². The lowest BCUT2D eigenvalue weighted by molar-refractivity contribution is 0.269. The van der Waals surface area contributed by atoms with Gasteiger partial charge in [-0.15, -0.1) is 0 Å². The van der Waals surface area contributed by atoms with E-state index in [-0.39, 0.29) is 11.0 Å². The molecule has 0 spiro atoms. The maximum absolute atomic E-state index is 11.9. The Morgan fingerprint density at radius 3 is 2.47 bits per heavy atom. The van der Waals surface area contributed by atoms with Crippen molar-refractivity contribution in [1.29, 1.82) is 0 Å². The van der Waals surface area contributed by atoms with E-state index >= 15 is 0 Å². The van der Waals surface area contributed by atoms with Crippen LogP contribution < -0.4 is 5.32 Å². The smallest absolute Gasteiger partial charge is 0.288 e. The molecule has 0 unspecified atom stereocenters. The van der Waals surface area contributed by atoms with E-state index in [0.717, 1.165) is 33.5 Å². The van der Waals surface area contributed by atoms with Crippen LogP contribution in [0.1, 0.15) is 11.1 Å². The molecular formula is C15H15NO2S. The maximum atomic E-state index is 11.9. The van der Waals surface area contributed by atoms with Gasteiger partial charge in [-0.25, -0.2) is 0 Å². The van der Waals surface area contributed by atoms with Crippen molar-refractivity contribution in [2.24, 2.45) is 0 Å². The molecular weight excluding hydrogens is 258 g/mol. The van der Waals surface area contributed by atoms with Crippen molar-refractivity contribution in [3.8, 4) is 5.75 Å². The maximum Gasteiger partial charge on any atom is 0.288 e. The summed E-state index contributed by atoms with van der Waals surface area (Å²) in [5, 5.41) is 11.9. The van der Waals surface area contributed by atoms with Crippen molar-refractivity contribution in [2.45, 2.75) is 18.7 Å². The van der Waals surface area contributed by atoms with Gasteiger partial charge in [-0.2, -0.15) is 0 Å². The molecule has 2 aromatic rings. The summed E-state index contributed by atoms with van der Waals surface area (Å²) >= 11 is 1.10. The molecule has 3 nitrogen and oxygen atoms in total. The Morgan fingerprint density at radius 1 is 1.11 bits per heavy atom. The highest BCUT2D eigenvalue weighted by Crippen LogP contribution is 2.25. The minimum absolute atomic E-state index is 0.139. The number of rotatable bonds is 2. The quantitative estimate of drug-likeness (QED) is 0.800. The van der Waals surface area contributed by atoms with Crippen LogP contribution in [0.4, 0.5) is 10.5 Å². The molecule has 2 rings (SSSR count). The van der Waals surface area contributed by atoms with Gasteiger partial charge in [0.05, 0.1) is 0 Å². The fraction of sp³-hybridized carbons (Fsp3) is 0.133. The number of benzene rings is 2. The zero-order valence-electron chi connectivity index (χ0n) is 10.8. The highest BCUT2D eigenvalue weighted by molar-refractivity contribution is 8.13. The number of thioether (sulfide) groups is 1. The summed E-state index contributed by atoms with van der Waals surface area (Å²) in [5.74, 6) is 0.194. The van der Waals surface area contributed by atoms with Gasteiger partial charge in [-0.3, -0.25) is 4.79 Å². The fourth-order valence-corrected chi connectivity index (χ4v) is 2.29. The summed E-state index contributed by atoms with van der Waals surface area (Å²) in [6.07, 6.45) is 0. The van der Waals surface area contributed by atoms with Crippen LogP contribution in [0, 0.1) is 13.8 Å². The molecule has 0 saturated heterocycles. The number of nitrogens with one attached hydrogen (secondary N) is 1. The van der Waals surface area contributed by atoms with Gasteiger partial charge in [-0.1, -0.05) is 12.1 Å². The van der Waals surface area contributed by atoms with Gasteiger partial charge in [0.15, 0.2) is 0 Å². The third-order valence-corrected chi connectivity index (χ3v) is 3.68. The molecule has 19 heavy (non-hydrogen) atoms. The molecule has 0 fully saturated rings. The first-order valence-corrected chi connectivity index (χ1v) is 6.72. The van der Waals surface area contributed by atoms with Crippen molar-refractivity contribution in [2.75, 3.05) is 5.32 Å². The van der Waals surface area contributed by atoms with Crippen LogP contribution in [-0.4, -0.2) is 10.3 Å². The summed E-state index contributed by atoms with van der Waals surface area (Å²) in [7, 11) is 0. The second-order valence-electron chi connectivity index (χ2n) is 4.26. The first kappa shape index (κ1) is 13.5. The molecule has 0 aliphatic rings. The summed E-state index contributed by atoms with van der Waals surface area (Å²) in [6, 6.07) is 12.4. The van der Waals surface area contributed by atoms with Crippen molar-refractivity contribution in [1.82, 2.24) is 0 Å². The highest BCUT2D eigenvalue weighted by Gasteiger charge is 2.07. The van der Waals surface area contributed by atoms with Crippen molar-refractivity contribution < 1.29 is 9.90 Å². The van der Waals surface area contributed by atoms with Crippen LogP contribution in [0.2, 0.25) is 0 Å². The number of amides is 1. The monoisotopic (exact) mass is 273 g/mol. The Morgan fingerprint density at radius 2 is 1.79 bits per heavy atom. The molecule has 0 bridgehead atoms. The molecule has 0 atom stereocenters. The lowest BCUT2D eigenvalue weighted by atomic mass is 10.1. The highest BCUT2D eigenvalue weighted by atomic mass is 32.2. The van der Waals surface area contributed by atoms with Gasteiger partial charge < -0.3 is 10.4 Å². The summed E-state index contributed by atoms with van der Waals surface area (Å²) in [5.41, 5.74) is 3.05. The van der Waals surface area contributed by atoms with E-state index in [1.807, 2.05) is 32.0 Å². The number of aromatic hydroxyl groups is 1. The summed E-state index contributed by atoms with van der Waals surface area (Å²) in [4.78, 5) is 12.7. The van der Waals surface area contributed by atoms with E-state index in [1.165, 1.54) is 0 Å². The van der Waals surface area contributed by atoms with Gasteiger partial charge in [0, 0.05) is 10.6 Å². The number of phenols is 1. The summed E-state index contributed by atoms with van der Waals surface area (Å²) < 4.78 is 0. The number of carbonyl (C=O) groups is 1. The topological polar surface area (TPSA) is 49.3 Å². The van der Waals surface area contributed by atoms with E-state index in [2.05, 4.69) is 5.32 Å². The molecule has 0 radical (unpaired) electrons. The van der Waals surface area contributed by atoms with Crippen LogP contribution in [0.25, 0.3) is 0 Å². The average Bonchev–Trinajstić information content (AvgIpc) is 2.38.